The molecule has 0 N–H and O–H groups in total. The standard InChI is InChI=1S/C15H20N2O2/c1-16(2)15(19)12-9-10-13(18)17(3)14(12)11-7-5-4-6-8-11/h4-8,12,14H,9-10H2,1-3H3/t12-,14-/m1/s1. The van der Waals surface area contributed by atoms with E-state index >= 15 is 0 Å². The zero-order chi connectivity index (χ0) is 14.0. The number of piperidine rings is 1. The van der Waals surface area contributed by atoms with Crippen LogP contribution in [-0.4, -0.2) is 42.8 Å². The molecule has 0 aromatic heterocycles. The van der Waals surface area contributed by atoms with E-state index in [4.69, 9.17) is 0 Å². The highest BCUT2D eigenvalue weighted by molar-refractivity contribution is 5.84. The molecule has 1 heterocycles. The van der Waals surface area contributed by atoms with Crippen LogP contribution in [0.2, 0.25) is 0 Å². The average molecular weight is 260 g/mol. The highest BCUT2D eigenvalue weighted by atomic mass is 16.2. The Bertz CT molecular complexity index is 470. The van der Waals surface area contributed by atoms with Crippen LogP contribution < -0.4 is 0 Å². The van der Waals surface area contributed by atoms with Crippen molar-refractivity contribution in [1.82, 2.24) is 9.80 Å². The highest BCUT2D eigenvalue weighted by Gasteiger charge is 2.39. The topological polar surface area (TPSA) is 40.6 Å². The van der Waals surface area contributed by atoms with E-state index in [9.17, 15) is 9.59 Å². The first-order valence-electron chi connectivity index (χ1n) is 6.54. The van der Waals surface area contributed by atoms with Gasteiger partial charge in [0.25, 0.3) is 0 Å². The van der Waals surface area contributed by atoms with Crippen molar-refractivity contribution in [3.63, 3.8) is 0 Å². The predicted molar refractivity (Wildman–Crippen MR) is 73.4 cm³/mol. The molecule has 0 saturated carbocycles. The Morgan fingerprint density at radius 1 is 1.26 bits per heavy atom. The molecule has 0 aliphatic carbocycles. The lowest BCUT2D eigenvalue weighted by atomic mass is 9.84. The molecule has 0 radical (unpaired) electrons. The molecule has 0 spiro atoms. The van der Waals surface area contributed by atoms with Crippen molar-refractivity contribution in [2.45, 2.75) is 18.9 Å². The molecule has 4 heteroatoms. The van der Waals surface area contributed by atoms with Gasteiger partial charge in [0.05, 0.1) is 12.0 Å². The molecule has 1 aliphatic heterocycles. The summed E-state index contributed by atoms with van der Waals surface area (Å²) in [5.41, 5.74) is 1.03. The first-order valence-corrected chi connectivity index (χ1v) is 6.54. The molecule has 1 aliphatic rings. The summed E-state index contributed by atoms with van der Waals surface area (Å²) in [6.07, 6.45) is 1.07. The van der Waals surface area contributed by atoms with Crippen LogP contribution in [-0.2, 0) is 9.59 Å². The SMILES string of the molecule is CN(C)C(=O)[C@@H]1CCC(=O)N(C)[C@@H]1c1ccccc1. The van der Waals surface area contributed by atoms with Crippen molar-refractivity contribution in [3.05, 3.63) is 35.9 Å². The van der Waals surface area contributed by atoms with Gasteiger partial charge in [-0.15, -0.1) is 0 Å². The molecule has 1 aromatic rings. The van der Waals surface area contributed by atoms with Gasteiger partial charge in [-0.05, 0) is 12.0 Å². The number of hydrogen-bond acceptors (Lipinski definition) is 2. The number of rotatable bonds is 2. The van der Waals surface area contributed by atoms with Crippen LogP contribution in [0.4, 0.5) is 0 Å². The summed E-state index contributed by atoms with van der Waals surface area (Å²) < 4.78 is 0. The maximum absolute atomic E-state index is 12.3. The van der Waals surface area contributed by atoms with Gasteiger partial charge in [-0.25, -0.2) is 0 Å². The van der Waals surface area contributed by atoms with E-state index in [-0.39, 0.29) is 23.8 Å². The molecule has 1 saturated heterocycles. The summed E-state index contributed by atoms with van der Waals surface area (Å²) in [5.74, 6) is 0.0463. The molecule has 19 heavy (non-hydrogen) atoms. The molecule has 102 valence electrons. The third kappa shape index (κ3) is 2.62. The minimum Gasteiger partial charge on any atom is -0.349 e. The van der Waals surface area contributed by atoms with Gasteiger partial charge in [0.1, 0.15) is 0 Å². The first kappa shape index (κ1) is 13.6. The van der Waals surface area contributed by atoms with Gasteiger partial charge in [-0.2, -0.15) is 0 Å². The van der Waals surface area contributed by atoms with Crippen LogP contribution in [0.25, 0.3) is 0 Å². The lowest BCUT2D eigenvalue weighted by molar-refractivity contribution is -0.145. The molecule has 4 nitrogen and oxygen atoms in total. The van der Waals surface area contributed by atoms with Crippen molar-refractivity contribution in [3.8, 4) is 0 Å². The second kappa shape index (κ2) is 5.43. The third-order valence-corrected chi connectivity index (χ3v) is 3.76. The Morgan fingerprint density at radius 2 is 1.89 bits per heavy atom. The molecule has 1 fully saturated rings. The van der Waals surface area contributed by atoms with Crippen molar-refractivity contribution in [1.29, 1.82) is 0 Å². The normalized spacial score (nSPS) is 23.3. The molecular formula is C15H20N2O2. The maximum Gasteiger partial charge on any atom is 0.227 e. The molecular weight excluding hydrogens is 240 g/mol. The summed E-state index contributed by atoms with van der Waals surface area (Å²) in [5, 5.41) is 0. The van der Waals surface area contributed by atoms with Crippen LogP contribution in [0.5, 0.6) is 0 Å². The minimum atomic E-state index is -0.155. The number of benzene rings is 1. The fraction of sp³-hybridized carbons (Fsp3) is 0.467. The summed E-state index contributed by atoms with van der Waals surface area (Å²) in [7, 11) is 5.32. The number of amides is 2. The van der Waals surface area contributed by atoms with Gasteiger partial charge in [-0.3, -0.25) is 9.59 Å². The fourth-order valence-corrected chi connectivity index (χ4v) is 2.73. The van der Waals surface area contributed by atoms with E-state index in [1.807, 2.05) is 30.3 Å². The third-order valence-electron chi connectivity index (χ3n) is 3.76. The van der Waals surface area contributed by atoms with Crippen LogP contribution in [0.15, 0.2) is 30.3 Å². The van der Waals surface area contributed by atoms with Crippen molar-refractivity contribution in [2.24, 2.45) is 5.92 Å². The van der Waals surface area contributed by atoms with Crippen LogP contribution in [0.1, 0.15) is 24.4 Å². The molecule has 2 atom stereocenters. The van der Waals surface area contributed by atoms with Crippen LogP contribution in [0, 0.1) is 5.92 Å². The zero-order valence-electron chi connectivity index (χ0n) is 11.7. The van der Waals surface area contributed by atoms with E-state index in [0.717, 1.165) is 5.56 Å². The van der Waals surface area contributed by atoms with E-state index < -0.39 is 0 Å². The highest BCUT2D eigenvalue weighted by Crippen LogP contribution is 2.36. The van der Waals surface area contributed by atoms with E-state index in [1.54, 1.807) is 30.9 Å². The Hall–Kier alpha value is -1.84. The van der Waals surface area contributed by atoms with E-state index in [0.29, 0.717) is 12.8 Å². The predicted octanol–water partition coefficient (Wildman–Crippen LogP) is 1.68. The molecule has 1 aromatic carbocycles. The quantitative estimate of drug-likeness (QED) is 0.812. The fourth-order valence-electron chi connectivity index (χ4n) is 2.73. The minimum absolute atomic E-state index is 0.0909. The van der Waals surface area contributed by atoms with Gasteiger partial charge < -0.3 is 9.80 Å². The summed E-state index contributed by atoms with van der Waals surface area (Å²) in [6, 6.07) is 9.64. The molecule has 2 amide bonds. The number of nitrogens with zero attached hydrogens (tertiary/aromatic N) is 2. The van der Waals surface area contributed by atoms with Crippen molar-refractivity contribution >= 4 is 11.8 Å². The maximum atomic E-state index is 12.3. The lowest BCUT2D eigenvalue weighted by Gasteiger charge is -2.39. The zero-order valence-corrected chi connectivity index (χ0v) is 11.7. The van der Waals surface area contributed by atoms with Crippen LogP contribution in [0.3, 0.4) is 0 Å². The number of carbonyl (C=O) groups is 2. The smallest absolute Gasteiger partial charge is 0.227 e. The van der Waals surface area contributed by atoms with Gasteiger partial charge in [0, 0.05) is 27.6 Å². The summed E-state index contributed by atoms with van der Waals surface area (Å²) in [4.78, 5) is 27.6. The first-order chi connectivity index (χ1) is 9.02. The van der Waals surface area contributed by atoms with Gasteiger partial charge in [-0.1, -0.05) is 30.3 Å². The second-order valence-electron chi connectivity index (χ2n) is 5.24. The molecule has 2 rings (SSSR count). The Kier molecular flexibility index (Phi) is 3.88. The molecule has 0 bridgehead atoms. The monoisotopic (exact) mass is 260 g/mol. The summed E-state index contributed by atoms with van der Waals surface area (Å²) >= 11 is 0. The van der Waals surface area contributed by atoms with Crippen molar-refractivity contribution in [2.75, 3.05) is 21.1 Å². The lowest BCUT2D eigenvalue weighted by Crippen LogP contribution is -2.46. The van der Waals surface area contributed by atoms with E-state index in [2.05, 4.69) is 0 Å². The second-order valence-corrected chi connectivity index (χ2v) is 5.24. The average Bonchev–Trinajstić information content (AvgIpc) is 2.41. The Morgan fingerprint density at radius 3 is 2.47 bits per heavy atom. The molecule has 0 unspecified atom stereocenters. The number of carbonyl (C=O) groups excluding carboxylic acids is 2. The van der Waals surface area contributed by atoms with Gasteiger partial charge >= 0.3 is 0 Å². The Labute approximate surface area is 114 Å². The number of hydrogen-bond donors (Lipinski definition) is 0. The Balaban J connectivity index is 2.36. The summed E-state index contributed by atoms with van der Waals surface area (Å²) in [6.45, 7) is 0. The van der Waals surface area contributed by atoms with Gasteiger partial charge in [0.15, 0.2) is 0 Å². The van der Waals surface area contributed by atoms with Crippen molar-refractivity contribution < 1.29 is 9.59 Å². The number of likely N-dealkylation sites (tertiary alicyclic amines) is 1. The van der Waals surface area contributed by atoms with Crippen LogP contribution >= 0.6 is 0 Å². The largest absolute Gasteiger partial charge is 0.349 e. The van der Waals surface area contributed by atoms with E-state index in [1.165, 1.54) is 0 Å². The van der Waals surface area contributed by atoms with Gasteiger partial charge in [0.2, 0.25) is 11.8 Å².